The summed E-state index contributed by atoms with van der Waals surface area (Å²) in [6, 6.07) is 0. The third-order valence-electron chi connectivity index (χ3n) is 3.81. The van der Waals surface area contributed by atoms with Crippen molar-refractivity contribution >= 4 is 30.8 Å². The first-order valence-corrected chi connectivity index (χ1v) is 9.11. The molecule has 27 heavy (non-hydrogen) atoms. The molecule has 15 heteroatoms. The smallest absolute Gasteiger partial charge is 0.367 e. The molecule has 14 nitrogen and oxygen atoms in total. The predicted octanol–water partition coefficient (Wildman–Crippen LogP) is -3.70. The fourth-order valence-corrected chi connectivity index (χ4v) is 3.24. The highest BCUT2D eigenvalue weighted by atomic mass is 31.2. The van der Waals surface area contributed by atoms with E-state index in [0.29, 0.717) is 0 Å². The van der Waals surface area contributed by atoms with E-state index < -0.39 is 51.5 Å². The zero-order valence-electron chi connectivity index (χ0n) is 13.7. The van der Waals surface area contributed by atoms with E-state index in [1.54, 1.807) is 0 Å². The van der Waals surface area contributed by atoms with Gasteiger partial charge in [0, 0.05) is 0 Å². The van der Waals surface area contributed by atoms with Gasteiger partial charge in [0.05, 0.1) is 12.9 Å². The minimum absolute atomic E-state index is 0.117. The molecule has 3 heterocycles. The maximum atomic E-state index is 11.6. The highest BCUT2D eigenvalue weighted by Gasteiger charge is 2.45. The molecule has 7 N–H and O–H groups in total. The molecule has 1 aliphatic rings. The summed E-state index contributed by atoms with van der Waals surface area (Å²) in [5.74, 6) is -0.979. The molecule has 1 fully saturated rings. The number of nitrogen functional groups attached to an aromatic ring is 1. The molecule has 0 aromatic carbocycles. The molecule has 2 aromatic heterocycles. The lowest BCUT2D eigenvalue weighted by atomic mass is 10.1. The number of hydrogen-bond donors (Lipinski definition) is 4. The van der Waals surface area contributed by atoms with E-state index in [-0.39, 0.29) is 17.0 Å². The van der Waals surface area contributed by atoms with Gasteiger partial charge in [-0.3, -0.25) is 9.13 Å². The van der Waals surface area contributed by atoms with Crippen molar-refractivity contribution in [2.45, 2.75) is 24.5 Å². The summed E-state index contributed by atoms with van der Waals surface area (Å²) in [6.45, 7) is -1.10. The van der Waals surface area contributed by atoms with Crippen molar-refractivity contribution in [3.05, 3.63) is 12.7 Å². The van der Waals surface area contributed by atoms with Crippen LogP contribution in [0.3, 0.4) is 0 Å². The Labute approximate surface area is 151 Å². The van der Waals surface area contributed by atoms with Crippen molar-refractivity contribution in [3.8, 4) is 0 Å². The zero-order valence-corrected chi connectivity index (χ0v) is 14.6. The fourth-order valence-electron chi connectivity index (χ4n) is 2.51. The second-order valence-electron chi connectivity index (χ2n) is 5.59. The quantitative estimate of drug-likeness (QED) is 0.341. The maximum Gasteiger partial charge on any atom is 0.367 e. The summed E-state index contributed by atoms with van der Waals surface area (Å²) in [4.78, 5) is 34.4. The molecule has 1 saturated heterocycles. The molecule has 0 saturated carbocycles. The molecular formula is C12H17N6O8P. The van der Waals surface area contributed by atoms with Crippen molar-refractivity contribution in [1.82, 2.24) is 19.5 Å². The molecule has 3 rings (SSSR count). The first-order valence-electron chi connectivity index (χ1n) is 7.65. The minimum atomic E-state index is -4.96. The molecule has 1 aliphatic heterocycles. The number of quaternary nitrogens is 1. The second-order valence-corrected chi connectivity index (χ2v) is 6.92. The van der Waals surface area contributed by atoms with Crippen molar-refractivity contribution in [2.75, 3.05) is 18.9 Å². The number of ether oxygens (including phenoxy) is 1. The second kappa shape index (κ2) is 7.44. The van der Waals surface area contributed by atoms with Gasteiger partial charge in [0.25, 0.3) is 0 Å². The maximum absolute atomic E-state index is 11.6. The lowest BCUT2D eigenvalue weighted by molar-refractivity contribution is -0.359. The van der Waals surface area contributed by atoms with E-state index in [1.807, 2.05) is 0 Å². The van der Waals surface area contributed by atoms with E-state index in [2.05, 4.69) is 29.7 Å². The van der Waals surface area contributed by atoms with Crippen LogP contribution in [0, 0.1) is 0 Å². The number of hydrogen-bond acceptors (Lipinski definition) is 12. The number of carbonyl (C=O) groups excluding carboxylic acids is 1. The van der Waals surface area contributed by atoms with Crippen LogP contribution in [0.4, 0.5) is 5.82 Å². The van der Waals surface area contributed by atoms with E-state index >= 15 is 0 Å². The number of imidazole rings is 1. The van der Waals surface area contributed by atoms with E-state index in [0.717, 1.165) is 0 Å². The third kappa shape index (κ3) is 3.91. The Morgan fingerprint density at radius 2 is 2.15 bits per heavy atom. The van der Waals surface area contributed by atoms with Crippen LogP contribution in [-0.4, -0.2) is 67.2 Å². The van der Waals surface area contributed by atoms with Crippen LogP contribution in [0.2, 0.25) is 0 Å². The van der Waals surface area contributed by atoms with Gasteiger partial charge in [0.2, 0.25) is 0 Å². The summed E-state index contributed by atoms with van der Waals surface area (Å²) in [7, 11) is -4.96. The van der Waals surface area contributed by atoms with Crippen LogP contribution >= 0.6 is 7.82 Å². The van der Waals surface area contributed by atoms with Crippen molar-refractivity contribution in [2.24, 2.45) is 0 Å². The lowest BCUT2D eigenvalue weighted by Crippen LogP contribution is -2.54. The van der Waals surface area contributed by atoms with Gasteiger partial charge in [0.15, 0.2) is 24.2 Å². The molecule has 0 radical (unpaired) electrons. The number of nitrogens with two attached hydrogens (primary N) is 1. The zero-order chi connectivity index (χ0) is 19.8. The highest BCUT2D eigenvalue weighted by molar-refractivity contribution is 7.46. The Balaban J connectivity index is 1.73. The van der Waals surface area contributed by atoms with Gasteiger partial charge in [-0.1, -0.05) is 0 Å². The van der Waals surface area contributed by atoms with Crippen LogP contribution < -0.4 is 16.4 Å². The predicted molar refractivity (Wildman–Crippen MR) is 83.1 cm³/mol. The average Bonchev–Trinajstić information content (AvgIpc) is 3.16. The van der Waals surface area contributed by atoms with E-state index in [1.165, 1.54) is 17.2 Å². The summed E-state index contributed by atoms with van der Waals surface area (Å²) in [5, 5.41) is 20.4. The molecule has 5 atom stereocenters. The summed E-state index contributed by atoms with van der Waals surface area (Å²) in [5.41, 5.74) is 9.40. The van der Waals surface area contributed by atoms with Crippen LogP contribution in [0.5, 0.6) is 0 Å². The molecule has 2 aromatic rings. The minimum Gasteiger partial charge on any atom is -0.746 e. The summed E-state index contributed by atoms with van der Waals surface area (Å²) in [6.07, 6.45) is -2.83. The Kier molecular flexibility index (Phi) is 5.39. The number of phosphoric ester groups is 1. The number of phosphoric acid groups is 1. The number of anilines is 1. The number of aliphatic hydroxyl groups excluding tert-OH is 2. The Morgan fingerprint density at radius 1 is 1.41 bits per heavy atom. The standard InChI is InChI=1S/C12H17N6O8P/c13-1-6(19)26-27(22,23)24-2-5-8(20)9(21)12(25-5)18-4-17-7-10(14)15-3-16-11(7)18/h3-5,8-9,12,20-21H,1-2,13H2,(H,22,23)(H2,14,15,16). The first kappa shape index (κ1) is 19.6. The number of fused-ring (bicyclic) bond motifs is 1. The Bertz CT molecular complexity index is 892. The summed E-state index contributed by atoms with van der Waals surface area (Å²) >= 11 is 0. The Hall–Kier alpha value is -2.19. The van der Waals surface area contributed by atoms with Gasteiger partial charge in [-0.15, -0.1) is 0 Å². The van der Waals surface area contributed by atoms with Crippen LogP contribution in [0.1, 0.15) is 6.23 Å². The number of aliphatic hydroxyl groups is 2. The SMILES string of the molecule is Nc1ncnc2c1ncn2C1OC(COP(=O)([O-])OC(=O)C[NH3+])C(O)C1O. The molecule has 5 unspecified atom stereocenters. The van der Waals surface area contributed by atoms with Crippen LogP contribution in [0.15, 0.2) is 12.7 Å². The normalized spacial score (nSPS) is 27.6. The average molecular weight is 404 g/mol. The number of aromatic nitrogens is 4. The molecule has 148 valence electrons. The van der Waals surface area contributed by atoms with E-state index in [9.17, 15) is 24.5 Å². The van der Waals surface area contributed by atoms with Gasteiger partial charge in [0.1, 0.15) is 30.2 Å². The number of nitrogens with zero attached hydrogens (tertiary/aromatic N) is 4. The summed E-state index contributed by atoms with van der Waals surface area (Å²) < 4.78 is 27.0. The third-order valence-corrected chi connectivity index (χ3v) is 4.71. The van der Waals surface area contributed by atoms with Crippen molar-refractivity contribution in [1.29, 1.82) is 0 Å². The monoisotopic (exact) mass is 404 g/mol. The first-order chi connectivity index (χ1) is 12.7. The lowest BCUT2D eigenvalue weighted by Gasteiger charge is -2.23. The molecule has 0 amide bonds. The number of carbonyl (C=O) groups is 1. The highest BCUT2D eigenvalue weighted by Crippen LogP contribution is 2.40. The fraction of sp³-hybridized carbons (Fsp3) is 0.500. The van der Waals surface area contributed by atoms with E-state index in [4.69, 9.17) is 10.5 Å². The number of rotatable bonds is 6. The Morgan fingerprint density at radius 3 is 2.85 bits per heavy atom. The molecule has 0 aliphatic carbocycles. The van der Waals surface area contributed by atoms with Gasteiger partial charge in [-0.05, 0) is 0 Å². The van der Waals surface area contributed by atoms with Gasteiger partial charge < -0.3 is 40.4 Å². The largest absolute Gasteiger partial charge is 0.746 e. The van der Waals surface area contributed by atoms with Gasteiger partial charge >= 0.3 is 13.8 Å². The van der Waals surface area contributed by atoms with Crippen molar-refractivity contribution in [3.63, 3.8) is 0 Å². The molecular weight excluding hydrogens is 387 g/mol. The molecule has 0 spiro atoms. The topological polar surface area (TPSA) is 223 Å². The van der Waals surface area contributed by atoms with Crippen LogP contribution in [-0.2, 0) is 23.1 Å². The van der Waals surface area contributed by atoms with Gasteiger partial charge in [-0.2, -0.15) is 0 Å². The molecule has 0 bridgehead atoms. The van der Waals surface area contributed by atoms with Gasteiger partial charge in [-0.25, -0.2) is 19.7 Å². The van der Waals surface area contributed by atoms with Crippen molar-refractivity contribution < 1.29 is 44.0 Å². The van der Waals surface area contributed by atoms with Crippen LogP contribution in [0.25, 0.3) is 11.2 Å².